The second-order valence-electron chi connectivity index (χ2n) is 6.94. The van der Waals surface area contributed by atoms with Gasteiger partial charge in [-0.15, -0.1) is 0 Å². The number of benzene rings is 2. The van der Waals surface area contributed by atoms with E-state index < -0.39 is 30.3 Å². The van der Waals surface area contributed by atoms with E-state index in [1.54, 1.807) is 4.90 Å². The molecule has 30 heavy (non-hydrogen) atoms. The lowest BCUT2D eigenvalue weighted by molar-refractivity contribution is -0.158. The second-order valence-corrected chi connectivity index (χ2v) is 6.94. The zero-order chi connectivity index (χ0) is 21.5. The van der Waals surface area contributed by atoms with Crippen LogP contribution in [0.5, 0.6) is 0 Å². The highest BCUT2D eigenvalue weighted by Gasteiger charge is 2.27. The molecule has 2 aromatic rings. The van der Waals surface area contributed by atoms with Crippen LogP contribution in [-0.4, -0.2) is 61.5 Å². The maximum Gasteiger partial charge on any atom is 0.326 e. The first kappa shape index (κ1) is 21.3. The SMILES string of the molecule is CC(OC(=O)CNC(=O)c1ccccc1F)C(=O)N1CCN(c2ccccc2)CC1. The Balaban J connectivity index is 1.43. The number of nitrogens with zero attached hydrogens (tertiary/aromatic N) is 2. The summed E-state index contributed by atoms with van der Waals surface area (Å²) in [4.78, 5) is 40.4. The van der Waals surface area contributed by atoms with E-state index in [9.17, 15) is 18.8 Å². The van der Waals surface area contributed by atoms with Gasteiger partial charge < -0.3 is 19.9 Å². The number of carbonyl (C=O) groups is 3. The Morgan fingerprint density at radius 1 is 1.00 bits per heavy atom. The Morgan fingerprint density at radius 2 is 1.63 bits per heavy atom. The van der Waals surface area contributed by atoms with E-state index in [0.29, 0.717) is 26.2 Å². The Bertz CT molecular complexity index is 898. The quantitative estimate of drug-likeness (QED) is 0.731. The van der Waals surface area contributed by atoms with Crippen LogP contribution in [0.4, 0.5) is 10.1 Å². The molecule has 158 valence electrons. The lowest BCUT2D eigenvalue weighted by Crippen LogP contribution is -2.52. The number of anilines is 1. The molecular formula is C22H24FN3O4. The third-order valence-electron chi connectivity index (χ3n) is 4.88. The summed E-state index contributed by atoms with van der Waals surface area (Å²) in [5, 5.41) is 2.30. The van der Waals surface area contributed by atoms with Gasteiger partial charge in [-0.2, -0.15) is 0 Å². The molecule has 3 rings (SSSR count). The van der Waals surface area contributed by atoms with E-state index in [-0.39, 0.29) is 11.5 Å². The number of rotatable bonds is 6. The summed E-state index contributed by atoms with van der Waals surface area (Å²) >= 11 is 0. The minimum Gasteiger partial charge on any atom is -0.451 e. The molecule has 1 fully saturated rings. The number of ether oxygens (including phenoxy) is 1. The highest BCUT2D eigenvalue weighted by atomic mass is 19.1. The van der Waals surface area contributed by atoms with Crippen LogP contribution in [0.1, 0.15) is 17.3 Å². The van der Waals surface area contributed by atoms with Crippen LogP contribution in [0.15, 0.2) is 54.6 Å². The maximum atomic E-state index is 13.6. The summed E-state index contributed by atoms with van der Waals surface area (Å²) in [7, 11) is 0. The number of halogens is 1. The van der Waals surface area contributed by atoms with Crippen molar-refractivity contribution in [3.8, 4) is 0 Å². The molecular weight excluding hydrogens is 389 g/mol. The fourth-order valence-electron chi connectivity index (χ4n) is 3.26. The van der Waals surface area contributed by atoms with Crippen molar-refractivity contribution in [1.29, 1.82) is 0 Å². The molecule has 1 saturated heterocycles. The van der Waals surface area contributed by atoms with Crippen LogP contribution < -0.4 is 10.2 Å². The van der Waals surface area contributed by atoms with Crippen molar-refractivity contribution in [1.82, 2.24) is 10.2 Å². The van der Waals surface area contributed by atoms with E-state index in [2.05, 4.69) is 10.2 Å². The van der Waals surface area contributed by atoms with Gasteiger partial charge in [0, 0.05) is 31.9 Å². The predicted octanol–water partition coefficient (Wildman–Crippen LogP) is 1.84. The lowest BCUT2D eigenvalue weighted by Gasteiger charge is -2.37. The number of esters is 1. The van der Waals surface area contributed by atoms with Crippen molar-refractivity contribution in [3.05, 3.63) is 66.0 Å². The van der Waals surface area contributed by atoms with Crippen LogP contribution in [0.25, 0.3) is 0 Å². The first-order chi connectivity index (χ1) is 14.5. The molecule has 1 aliphatic rings. The number of piperazine rings is 1. The van der Waals surface area contributed by atoms with Crippen molar-refractivity contribution < 1.29 is 23.5 Å². The number of hydrogen-bond acceptors (Lipinski definition) is 5. The number of nitrogens with one attached hydrogen (secondary N) is 1. The van der Waals surface area contributed by atoms with Crippen LogP contribution in [0.2, 0.25) is 0 Å². The fourth-order valence-corrected chi connectivity index (χ4v) is 3.26. The minimum absolute atomic E-state index is 0.161. The first-order valence-electron chi connectivity index (χ1n) is 9.76. The Morgan fingerprint density at radius 3 is 2.30 bits per heavy atom. The zero-order valence-electron chi connectivity index (χ0n) is 16.7. The van der Waals surface area contributed by atoms with Gasteiger partial charge >= 0.3 is 5.97 Å². The average molecular weight is 413 g/mol. The van der Waals surface area contributed by atoms with Crippen LogP contribution in [0, 0.1) is 5.82 Å². The summed E-state index contributed by atoms with van der Waals surface area (Å²) in [6, 6.07) is 15.4. The first-order valence-corrected chi connectivity index (χ1v) is 9.76. The molecule has 2 aromatic carbocycles. The molecule has 2 amide bonds. The monoisotopic (exact) mass is 413 g/mol. The summed E-state index contributed by atoms with van der Waals surface area (Å²) in [6.07, 6.45) is -0.967. The average Bonchev–Trinajstić information content (AvgIpc) is 2.78. The molecule has 0 radical (unpaired) electrons. The second kappa shape index (κ2) is 9.87. The molecule has 1 heterocycles. The molecule has 0 aromatic heterocycles. The summed E-state index contributed by atoms with van der Waals surface area (Å²) in [5.74, 6) is -2.44. The van der Waals surface area contributed by atoms with Crippen molar-refractivity contribution >= 4 is 23.5 Å². The zero-order valence-corrected chi connectivity index (χ0v) is 16.7. The Labute approximate surface area is 174 Å². The van der Waals surface area contributed by atoms with Gasteiger partial charge in [-0.25, -0.2) is 4.39 Å². The number of hydrogen-bond donors (Lipinski definition) is 1. The van der Waals surface area contributed by atoms with Gasteiger partial charge in [0.1, 0.15) is 12.4 Å². The van der Waals surface area contributed by atoms with E-state index in [1.165, 1.54) is 25.1 Å². The normalized spacial score (nSPS) is 14.7. The van der Waals surface area contributed by atoms with E-state index in [4.69, 9.17) is 4.74 Å². The van der Waals surface area contributed by atoms with Gasteiger partial charge in [0.2, 0.25) is 0 Å². The molecule has 1 unspecified atom stereocenters. The molecule has 0 spiro atoms. The van der Waals surface area contributed by atoms with Gasteiger partial charge in [0.05, 0.1) is 5.56 Å². The highest BCUT2D eigenvalue weighted by molar-refractivity contribution is 5.96. The molecule has 1 atom stereocenters. The van der Waals surface area contributed by atoms with Crippen molar-refractivity contribution in [2.75, 3.05) is 37.6 Å². The highest BCUT2D eigenvalue weighted by Crippen LogP contribution is 2.16. The van der Waals surface area contributed by atoms with Crippen molar-refractivity contribution in [3.63, 3.8) is 0 Å². The van der Waals surface area contributed by atoms with Crippen LogP contribution >= 0.6 is 0 Å². The number of para-hydroxylation sites is 1. The molecule has 0 aliphatic carbocycles. The molecule has 1 aliphatic heterocycles. The Hall–Kier alpha value is -3.42. The minimum atomic E-state index is -0.967. The van der Waals surface area contributed by atoms with E-state index >= 15 is 0 Å². The topological polar surface area (TPSA) is 78.9 Å². The standard InChI is InChI=1S/C22H24FN3O4/c1-16(30-20(27)15-24-21(28)18-9-5-6-10-19(18)23)22(29)26-13-11-25(12-14-26)17-7-3-2-4-8-17/h2-10,16H,11-15H2,1H3,(H,24,28). The molecule has 8 heteroatoms. The van der Waals surface area contributed by atoms with Gasteiger partial charge in [0.25, 0.3) is 11.8 Å². The molecule has 1 N–H and O–H groups in total. The molecule has 0 saturated carbocycles. The Kier molecular flexibility index (Phi) is 7.00. The smallest absolute Gasteiger partial charge is 0.326 e. The fraction of sp³-hybridized carbons (Fsp3) is 0.318. The van der Waals surface area contributed by atoms with Crippen LogP contribution in [0.3, 0.4) is 0 Å². The van der Waals surface area contributed by atoms with Crippen molar-refractivity contribution in [2.24, 2.45) is 0 Å². The summed E-state index contributed by atoms with van der Waals surface area (Å²) < 4.78 is 18.7. The third-order valence-corrected chi connectivity index (χ3v) is 4.88. The third kappa shape index (κ3) is 5.34. The number of amides is 2. The molecule has 7 nitrogen and oxygen atoms in total. The van der Waals surface area contributed by atoms with Gasteiger partial charge in [0.15, 0.2) is 6.10 Å². The van der Waals surface area contributed by atoms with Crippen molar-refractivity contribution in [2.45, 2.75) is 13.0 Å². The molecule has 0 bridgehead atoms. The number of carbonyl (C=O) groups excluding carboxylic acids is 3. The van der Waals surface area contributed by atoms with E-state index in [1.807, 2.05) is 30.3 Å². The lowest BCUT2D eigenvalue weighted by atomic mass is 10.2. The van der Waals surface area contributed by atoms with Gasteiger partial charge in [-0.1, -0.05) is 30.3 Å². The van der Waals surface area contributed by atoms with E-state index in [0.717, 1.165) is 11.8 Å². The van der Waals surface area contributed by atoms with Gasteiger partial charge in [-0.3, -0.25) is 14.4 Å². The maximum absolute atomic E-state index is 13.6. The van der Waals surface area contributed by atoms with Gasteiger partial charge in [-0.05, 0) is 31.2 Å². The largest absolute Gasteiger partial charge is 0.451 e. The predicted molar refractivity (Wildman–Crippen MR) is 110 cm³/mol. The van der Waals surface area contributed by atoms with Crippen LogP contribution in [-0.2, 0) is 14.3 Å². The summed E-state index contributed by atoms with van der Waals surface area (Å²) in [6.45, 7) is 3.48. The summed E-state index contributed by atoms with van der Waals surface area (Å²) in [5.41, 5.74) is 0.945.